The van der Waals surface area contributed by atoms with Crippen LogP contribution in [0.3, 0.4) is 0 Å². The Bertz CT molecular complexity index is 939. The molecule has 0 spiro atoms. The fourth-order valence-corrected chi connectivity index (χ4v) is 2.23. The van der Waals surface area contributed by atoms with Crippen molar-refractivity contribution in [1.29, 1.82) is 0 Å². The van der Waals surface area contributed by atoms with E-state index in [1.54, 1.807) is 0 Å². The van der Waals surface area contributed by atoms with E-state index in [-0.39, 0.29) is 240 Å². The van der Waals surface area contributed by atoms with Crippen molar-refractivity contribution in [3.8, 4) is 5.95 Å². The predicted octanol–water partition coefficient (Wildman–Crippen LogP) is 1.60. The third-order valence-corrected chi connectivity index (χ3v) is 3.65. The minimum atomic E-state index is -0.557. The number of nitrogens with zero attached hydrogens (tertiary/aromatic N) is 6. The Morgan fingerprint density at radius 3 is 2.00 bits per heavy atom. The smallest absolute Gasteiger partial charge is 0.215 e. The molecule has 1 N–H and O–H groups in total. The Hall–Kier alpha value is 4.63. The van der Waals surface area contributed by atoms with E-state index in [2.05, 4.69) is 42.9 Å². The number of pyridine rings is 1. The molecule has 0 fully saturated rings. The number of nitrogens with one attached hydrogen (secondary N) is 1. The normalized spacial score (nSPS) is 8.38. The summed E-state index contributed by atoms with van der Waals surface area (Å²) in [5, 5.41) is 6.73. The average Bonchev–Trinajstić information content (AvgIpc) is 3.12. The molecule has 18 heteroatoms. The first-order valence-electron chi connectivity index (χ1n) is 7.67. The minimum absolute atomic E-state index is 0. The van der Waals surface area contributed by atoms with E-state index in [4.69, 9.17) is 0 Å². The number of hydrogen-bond acceptors (Lipinski definition) is 5. The Kier molecular flexibility index (Phi) is 45.5. The van der Waals surface area contributed by atoms with E-state index in [9.17, 15) is 4.79 Å². The number of carbonyl (C=O) groups is 1. The summed E-state index contributed by atoms with van der Waals surface area (Å²) in [6, 6.07) is 0. The maximum Gasteiger partial charge on any atom is 0.215 e. The molecular formula is C16H18N7OV7Y3-3. The molecule has 1 amide bonds. The third kappa shape index (κ3) is 15.0. The zero-order chi connectivity index (χ0) is 17.5. The van der Waals surface area contributed by atoms with Gasteiger partial charge in [-0.15, -0.1) is 11.1 Å². The van der Waals surface area contributed by atoms with Gasteiger partial charge in [-0.2, -0.15) is 0 Å². The summed E-state index contributed by atoms with van der Waals surface area (Å²) >= 11 is 0. The van der Waals surface area contributed by atoms with E-state index in [1.807, 2.05) is 34.6 Å². The van der Waals surface area contributed by atoms with Crippen LogP contribution in [-0.2, 0) is 239 Å². The molecule has 0 saturated carbocycles. The molecule has 0 aliphatic carbocycles. The number of imidazole rings is 1. The second-order valence-electron chi connectivity index (χ2n) is 6.51. The standard InChI is InChI=1S/C16H19N7O.7V.3Y/c1-6-10-9(2)17-7-11-12(10)21-15(20-11)23-14(18-8-19-23)22-13(24)16(3,4)5;;;;;;;;;;/h6H2,1-5H3,(H2,17,18,19,20,21,22,24);;;;;;;;;;/q-2;;;;;;;;;;/p-1. The van der Waals surface area contributed by atoms with Crippen molar-refractivity contribution in [2.24, 2.45) is 5.41 Å². The Morgan fingerprint density at radius 1 is 1.00 bits per heavy atom. The molecule has 0 aliphatic heterocycles. The molecule has 0 aliphatic rings. The van der Waals surface area contributed by atoms with Gasteiger partial charge in [0.1, 0.15) is 0 Å². The van der Waals surface area contributed by atoms with Crippen molar-refractivity contribution in [1.82, 2.24) is 29.7 Å². The van der Waals surface area contributed by atoms with Crippen LogP contribution in [0.2, 0.25) is 0 Å². The first kappa shape index (κ1) is 58.3. The molecule has 3 heterocycles. The molecule has 3 aromatic rings. The third-order valence-electron chi connectivity index (χ3n) is 3.65. The molecule has 8 nitrogen and oxygen atoms in total. The molecule has 3 rings (SSSR count). The van der Waals surface area contributed by atoms with Gasteiger partial charge in [0.2, 0.25) is 5.91 Å². The predicted molar refractivity (Wildman–Crippen MR) is 87.6 cm³/mol. The van der Waals surface area contributed by atoms with Crippen LogP contribution in [0, 0.1) is 24.9 Å². The molecular weight excluding hydrogens is 930 g/mol. The summed E-state index contributed by atoms with van der Waals surface area (Å²) in [6.07, 6.45) is 6.15. The zero-order valence-electron chi connectivity index (χ0n) is 19.2. The fraction of sp³-hybridized carbons (Fsp3) is 0.438. The molecule has 0 aromatic carbocycles. The quantitative estimate of drug-likeness (QED) is 0.402. The average molecular weight is 948 g/mol. The van der Waals surface area contributed by atoms with E-state index in [1.165, 1.54) is 4.68 Å². The number of amides is 1. The van der Waals surface area contributed by atoms with Crippen LogP contribution in [0.25, 0.3) is 17.0 Å². The largest absolute Gasteiger partial charge is 0.425 e. The summed E-state index contributed by atoms with van der Waals surface area (Å²) in [5.74, 6) is 0.355. The SMILES string of the molecule is CCc1c(C)n[c-]c2nc(-n3n[c-]nc3NC(=O)C(C)(C)C)[n-]c12.[V].[V].[V].[V].[V].[V].[V].[Y].[Y].[Y]. The number of rotatable bonds is 3. The van der Waals surface area contributed by atoms with Crippen LogP contribution < -0.4 is 10.3 Å². The maximum atomic E-state index is 12.2. The van der Waals surface area contributed by atoms with Gasteiger partial charge in [-0.25, -0.2) is 0 Å². The van der Waals surface area contributed by atoms with E-state index >= 15 is 0 Å². The van der Waals surface area contributed by atoms with Crippen LogP contribution in [-0.4, -0.2) is 30.6 Å². The summed E-state index contributed by atoms with van der Waals surface area (Å²) in [6.45, 7) is 9.41. The fourth-order valence-electron chi connectivity index (χ4n) is 2.23. The molecule has 0 saturated heterocycles. The first-order valence-corrected chi connectivity index (χ1v) is 7.67. The topological polar surface area (TPSA) is 99.7 Å². The zero-order valence-corrected chi connectivity index (χ0v) is 37.5. The monoisotopic (exact) mass is 947 g/mol. The molecule has 0 bridgehead atoms. The summed E-state index contributed by atoms with van der Waals surface area (Å²) in [5.41, 5.74) is 2.65. The second-order valence-corrected chi connectivity index (χ2v) is 6.51. The van der Waals surface area contributed by atoms with Crippen molar-refractivity contribution < 1.29 is 233 Å². The van der Waals surface area contributed by atoms with Crippen LogP contribution in [0.5, 0.6) is 0 Å². The first-order chi connectivity index (χ1) is 11.3. The Balaban J connectivity index is -0.000000113. The van der Waals surface area contributed by atoms with Gasteiger partial charge in [-0.3, -0.25) is 4.79 Å². The van der Waals surface area contributed by atoms with Crippen LogP contribution in [0.15, 0.2) is 0 Å². The number of aromatic nitrogens is 6. The Labute approximate surface area is 359 Å². The molecule has 10 radical (unpaired) electrons. The van der Waals surface area contributed by atoms with Crippen LogP contribution >= 0.6 is 0 Å². The van der Waals surface area contributed by atoms with Crippen molar-refractivity contribution in [2.75, 3.05) is 5.32 Å². The number of anilines is 1. The van der Waals surface area contributed by atoms with Crippen molar-refractivity contribution in [3.63, 3.8) is 0 Å². The van der Waals surface area contributed by atoms with Gasteiger partial charge < -0.3 is 35.0 Å². The summed E-state index contributed by atoms with van der Waals surface area (Å²) < 4.78 is 1.35. The van der Waals surface area contributed by atoms with Gasteiger partial charge in [0, 0.05) is 245 Å². The van der Waals surface area contributed by atoms with Gasteiger partial charge in [0.25, 0.3) is 0 Å². The number of hydrogen-bond donors (Lipinski definition) is 1. The van der Waals surface area contributed by atoms with Gasteiger partial charge >= 0.3 is 0 Å². The number of carbonyl (C=O) groups excluding carboxylic acids is 1. The van der Waals surface area contributed by atoms with E-state index in [0.29, 0.717) is 11.5 Å². The minimum Gasteiger partial charge on any atom is -0.425 e. The van der Waals surface area contributed by atoms with Crippen LogP contribution in [0.1, 0.15) is 39.0 Å². The summed E-state index contributed by atoms with van der Waals surface area (Å²) in [7, 11) is 0. The van der Waals surface area contributed by atoms with Gasteiger partial charge in [0.05, 0.1) is 0 Å². The second kappa shape index (κ2) is 26.5. The van der Waals surface area contributed by atoms with Crippen molar-refractivity contribution in [3.05, 3.63) is 23.8 Å². The molecule has 3 aromatic heterocycles. The Morgan fingerprint density at radius 2 is 1.53 bits per heavy atom. The maximum absolute atomic E-state index is 12.2. The molecule has 170 valence electrons. The number of fused-ring (bicyclic) bond motifs is 1. The van der Waals surface area contributed by atoms with Crippen molar-refractivity contribution in [2.45, 2.75) is 41.0 Å². The van der Waals surface area contributed by atoms with Gasteiger partial charge in [0.15, 0.2) is 0 Å². The summed E-state index contributed by atoms with van der Waals surface area (Å²) in [4.78, 5) is 29.3. The number of aryl methyl sites for hydroxylation is 2. The van der Waals surface area contributed by atoms with E-state index < -0.39 is 5.41 Å². The van der Waals surface area contributed by atoms with Crippen LogP contribution in [0.4, 0.5) is 5.95 Å². The molecule has 0 atom stereocenters. The van der Waals surface area contributed by atoms with E-state index in [0.717, 1.165) is 23.2 Å². The molecule has 0 unspecified atom stereocenters. The van der Waals surface area contributed by atoms with Gasteiger partial charge in [-0.1, -0.05) is 58.4 Å². The molecule has 34 heavy (non-hydrogen) atoms. The van der Waals surface area contributed by atoms with Crippen molar-refractivity contribution >= 4 is 22.9 Å². The van der Waals surface area contributed by atoms with Gasteiger partial charge in [-0.05, 0) is 6.33 Å².